The number of thiophene rings is 1. The summed E-state index contributed by atoms with van der Waals surface area (Å²) in [5.41, 5.74) is 0.301. The average Bonchev–Trinajstić information content (AvgIpc) is 3.34. The summed E-state index contributed by atoms with van der Waals surface area (Å²) in [6, 6.07) is 7.29. The molecule has 1 aliphatic carbocycles. The predicted molar refractivity (Wildman–Crippen MR) is 104 cm³/mol. The van der Waals surface area contributed by atoms with Gasteiger partial charge in [-0.25, -0.2) is 4.39 Å². The molecular formula is C18H17BrClFN2O2S. The Morgan fingerprint density at radius 1 is 1.38 bits per heavy atom. The van der Waals surface area contributed by atoms with E-state index in [1.807, 2.05) is 0 Å². The van der Waals surface area contributed by atoms with E-state index in [0.29, 0.717) is 15.5 Å². The third kappa shape index (κ3) is 4.45. The molecule has 1 N–H and O–H groups in total. The number of nitrogens with zero attached hydrogens (tertiary/aromatic N) is 1. The topological polar surface area (TPSA) is 49.4 Å². The monoisotopic (exact) mass is 458 g/mol. The van der Waals surface area contributed by atoms with Crippen molar-refractivity contribution < 1.29 is 14.0 Å². The summed E-state index contributed by atoms with van der Waals surface area (Å²) in [6.07, 6.45) is 1.74. The van der Waals surface area contributed by atoms with Gasteiger partial charge in [-0.15, -0.1) is 11.3 Å². The first-order chi connectivity index (χ1) is 12.4. The van der Waals surface area contributed by atoms with Crippen LogP contribution < -0.4 is 5.32 Å². The second kappa shape index (κ2) is 8.06. The van der Waals surface area contributed by atoms with E-state index in [1.54, 1.807) is 30.0 Å². The molecule has 1 aromatic heterocycles. The van der Waals surface area contributed by atoms with Crippen molar-refractivity contribution in [1.82, 2.24) is 10.2 Å². The molecule has 1 fully saturated rings. The molecule has 0 bridgehead atoms. The number of amides is 2. The van der Waals surface area contributed by atoms with Crippen LogP contribution in [0.3, 0.4) is 0 Å². The second-order valence-corrected chi connectivity index (χ2v) is 9.07. The Kier molecular flexibility index (Phi) is 5.99. The molecule has 0 aliphatic heterocycles. The number of hydrogen-bond acceptors (Lipinski definition) is 3. The summed E-state index contributed by atoms with van der Waals surface area (Å²) >= 11 is 10.7. The molecule has 138 valence electrons. The van der Waals surface area contributed by atoms with E-state index in [2.05, 4.69) is 21.2 Å². The first-order valence-corrected chi connectivity index (χ1v) is 10.1. The molecule has 1 saturated carbocycles. The van der Waals surface area contributed by atoms with Crippen LogP contribution in [-0.4, -0.2) is 28.8 Å². The first-order valence-electron chi connectivity index (χ1n) is 8.16. The van der Waals surface area contributed by atoms with Gasteiger partial charge in [-0.3, -0.25) is 9.59 Å². The predicted octanol–water partition coefficient (Wildman–Crippen LogP) is 4.61. The number of carbonyl (C=O) groups is 2. The lowest BCUT2D eigenvalue weighted by Crippen LogP contribution is -2.47. The zero-order valence-electron chi connectivity index (χ0n) is 14.0. The molecule has 26 heavy (non-hydrogen) atoms. The van der Waals surface area contributed by atoms with Gasteiger partial charge in [-0.05, 0) is 60.0 Å². The van der Waals surface area contributed by atoms with Gasteiger partial charge in [-0.1, -0.05) is 17.7 Å². The third-order valence-corrected chi connectivity index (χ3v) is 6.15. The van der Waals surface area contributed by atoms with Crippen molar-refractivity contribution in [1.29, 1.82) is 0 Å². The summed E-state index contributed by atoms with van der Waals surface area (Å²) in [4.78, 5) is 27.3. The van der Waals surface area contributed by atoms with E-state index in [0.717, 1.165) is 16.6 Å². The smallest absolute Gasteiger partial charge is 0.262 e. The number of hydrogen-bond donors (Lipinski definition) is 1. The van der Waals surface area contributed by atoms with E-state index < -0.39 is 11.9 Å². The number of carbonyl (C=O) groups excluding carboxylic acids is 2. The quantitative estimate of drug-likeness (QED) is 0.686. The maximum absolute atomic E-state index is 14.1. The van der Waals surface area contributed by atoms with Gasteiger partial charge in [0, 0.05) is 16.6 Å². The molecule has 1 aromatic carbocycles. The SMILES string of the molecule is CC(NC(=O)c1ccc(Br)s1)C(=O)N(Cc1c(F)cccc1Cl)C1CC1. The maximum atomic E-state index is 14.1. The van der Waals surface area contributed by atoms with Gasteiger partial charge >= 0.3 is 0 Å². The fourth-order valence-corrected chi connectivity index (χ4v) is 4.15. The van der Waals surface area contributed by atoms with E-state index in [1.165, 1.54) is 23.5 Å². The molecule has 1 aliphatic rings. The molecule has 2 amide bonds. The van der Waals surface area contributed by atoms with Gasteiger partial charge < -0.3 is 10.2 Å². The van der Waals surface area contributed by atoms with Gasteiger partial charge in [0.25, 0.3) is 5.91 Å². The molecule has 0 saturated heterocycles. The van der Waals surface area contributed by atoms with E-state index in [-0.39, 0.29) is 24.4 Å². The van der Waals surface area contributed by atoms with Crippen LogP contribution in [0.4, 0.5) is 4.39 Å². The highest BCUT2D eigenvalue weighted by molar-refractivity contribution is 9.11. The van der Waals surface area contributed by atoms with Crippen molar-refractivity contribution in [2.45, 2.75) is 38.4 Å². The van der Waals surface area contributed by atoms with Crippen LogP contribution in [0.15, 0.2) is 34.1 Å². The third-order valence-electron chi connectivity index (χ3n) is 4.18. The fourth-order valence-electron chi connectivity index (χ4n) is 2.64. The van der Waals surface area contributed by atoms with Crippen LogP contribution in [0.5, 0.6) is 0 Å². The largest absolute Gasteiger partial charge is 0.340 e. The molecule has 1 atom stereocenters. The lowest BCUT2D eigenvalue weighted by Gasteiger charge is -2.26. The Morgan fingerprint density at radius 3 is 2.69 bits per heavy atom. The standard InChI is InChI=1S/C18H17BrClFN2O2S/c1-10(22-17(24)15-7-8-16(19)26-15)18(25)23(11-5-6-11)9-12-13(20)3-2-4-14(12)21/h2-4,7-8,10-11H,5-6,9H2,1H3,(H,22,24). The minimum absolute atomic E-state index is 0.0633. The summed E-state index contributed by atoms with van der Waals surface area (Å²) in [7, 11) is 0. The Balaban J connectivity index is 1.71. The summed E-state index contributed by atoms with van der Waals surface area (Å²) in [5, 5.41) is 3.02. The van der Waals surface area contributed by atoms with Gasteiger partial charge in [0.1, 0.15) is 11.9 Å². The Morgan fingerprint density at radius 2 is 2.12 bits per heavy atom. The molecule has 1 unspecified atom stereocenters. The lowest BCUT2D eigenvalue weighted by molar-refractivity contribution is -0.134. The highest BCUT2D eigenvalue weighted by Gasteiger charge is 2.36. The van der Waals surface area contributed by atoms with E-state index in [9.17, 15) is 14.0 Å². The minimum Gasteiger partial charge on any atom is -0.340 e. The van der Waals surface area contributed by atoms with E-state index >= 15 is 0 Å². The van der Waals surface area contributed by atoms with Crippen molar-refractivity contribution in [2.75, 3.05) is 0 Å². The number of nitrogens with one attached hydrogen (secondary N) is 1. The van der Waals surface area contributed by atoms with Gasteiger partial charge in [0.2, 0.25) is 5.91 Å². The number of rotatable bonds is 6. The lowest BCUT2D eigenvalue weighted by atomic mass is 10.1. The van der Waals surface area contributed by atoms with Crippen molar-refractivity contribution in [3.05, 3.63) is 55.4 Å². The highest BCUT2D eigenvalue weighted by atomic mass is 79.9. The zero-order valence-corrected chi connectivity index (χ0v) is 17.1. The van der Waals surface area contributed by atoms with Gasteiger partial charge in [0.05, 0.1) is 15.2 Å². The fraction of sp³-hybridized carbons (Fsp3) is 0.333. The Labute approximate surface area is 168 Å². The normalized spacial score (nSPS) is 14.8. The molecule has 8 heteroatoms. The highest BCUT2D eigenvalue weighted by Crippen LogP contribution is 2.31. The van der Waals surface area contributed by atoms with Crippen LogP contribution in [-0.2, 0) is 11.3 Å². The van der Waals surface area contributed by atoms with Crippen LogP contribution in [0.25, 0.3) is 0 Å². The first kappa shape index (κ1) is 19.3. The number of benzene rings is 1. The van der Waals surface area contributed by atoms with Crippen molar-refractivity contribution in [3.63, 3.8) is 0 Å². The van der Waals surface area contributed by atoms with Crippen LogP contribution >= 0.6 is 38.9 Å². The summed E-state index contributed by atoms with van der Waals surface area (Å²) in [5.74, 6) is -0.979. The average molecular weight is 460 g/mol. The minimum atomic E-state index is -0.713. The molecule has 2 aromatic rings. The Bertz CT molecular complexity index is 820. The Hall–Kier alpha value is -1.44. The van der Waals surface area contributed by atoms with Gasteiger partial charge in [0.15, 0.2) is 0 Å². The molecule has 1 heterocycles. The molecule has 3 rings (SSSR count). The van der Waals surface area contributed by atoms with Crippen molar-refractivity contribution in [2.24, 2.45) is 0 Å². The second-order valence-electron chi connectivity index (χ2n) is 6.20. The summed E-state index contributed by atoms with van der Waals surface area (Å²) in [6.45, 7) is 1.74. The maximum Gasteiger partial charge on any atom is 0.262 e. The van der Waals surface area contributed by atoms with Crippen LogP contribution in [0.2, 0.25) is 5.02 Å². The molecular weight excluding hydrogens is 443 g/mol. The van der Waals surface area contributed by atoms with Crippen molar-refractivity contribution >= 4 is 50.7 Å². The molecule has 4 nitrogen and oxygen atoms in total. The molecule has 0 radical (unpaired) electrons. The van der Waals surface area contributed by atoms with Crippen molar-refractivity contribution in [3.8, 4) is 0 Å². The van der Waals surface area contributed by atoms with Crippen LogP contribution in [0, 0.1) is 5.82 Å². The summed E-state index contributed by atoms with van der Waals surface area (Å²) < 4.78 is 14.9. The van der Waals surface area contributed by atoms with E-state index in [4.69, 9.17) is 11.6 Å². The molecule has 0 spiro atoms. The number of halogens is 3. The van der Waals surface area contributed by atoms with Crippen LogP contribution in [0.1, 0.15) is 35.0 Å². The van der Waals surface area contributed by atoms with Gasteiger partial charge in [-0.2, -0.15) is 0 Å². The zero-order chi connectivity index (χ0) is 18.8.